The summed E-state index contributed by atoms with van der Waals surface area (Å²) in [5.74, 6) is -0.519. The van der Waals surface area contributed by atoms with Crippen LogP contribution in [0, 0.1) is 0 Å². The lowest BCUT2D eigenvalue weighted by Gasteiger charge is -2.30. The molecule has 0 aromatic rings. The van der Waals surface area contributed by atoms with Crippen molar-refractivity contribution in [1.82, 2.24) is 10.2 Å². The van der Waals surface area contributed by atoms with Gasteiger partial charge in [0.1, 0.15) is 0 Å². The maximum absolute atomic E-state index is 12.2. The molecule has 4 nitrogen and oxygen atoms in total. The molecule has 1 aliphatic rings. The zero-order valence-corrected chi connectivity index (χ0v) is 10.7. The van der Waals surface area contributed by atoms with Gasteiger partial charge in [0.05, 0.1) is 12.1 Å². The van der Waals surface area contributed by atoms with Crippen LogP contribution in [0.3, 0.4) is 0 Å². The Kier molecular flexibility index (Phi) is 4.61. The first-order valence-corrected chi connectivity index (χ1v) is 5.95. The Morgan fingerprint density at radius 3 is 2.39 bits per heavy atom. The standard InChI is InChI=1S/C11H20F3N3O/c1-10(9(15)18,16-8-3-4-8)5-6-17(2)7-11(12,13)14/h8,16H,3-7H2,1-2H3,(H2,15,18). The summed E-state index contributed by atoms with van der Waals surface area (Å²) in [6.07, 6.45) is -1.98. The van der Waals surface area contributed by atoms with Crippen LogP contribution in [0.4, 0.5) is 13.2 Å². The van der Waals surface area contributed by atoms with E-state index in [1.54, 1.807) is 6.92 Å². The first kappa shape index (κ1) is 15.2. The van der Waals surface area contributed by atoms with E-state index in [1.807, 2.05) is 0 Å². The Balaban J connectivity index is 2.44. The second kappa shape index (κ2) is 5.44. The van der Waals surface area contributed by atoms with Gasteiger partial charge in [-0.2, -0.15) is 13.2 Å². The summed E-state index contributed by atoms with van der Waals surface area (Å²) in [6.45, 7) is 0.832. The number of rotatable bonds is 7. The predicted molar refractivity (Wildman–Crippen MR) is 61.9 cm³/mol. The van der Waals surface area contributed by atoms with E-state index in [0.29, 0.717) is 0 Å². The van der Waals surface area contributed by atoms with Crippen molar-refractivity contribution in [3.63, 3.8) is 0 Å². The second-order valence-corrected chi connectivity index (χ2v) is 5.22. The van der Waals surface area contributed by atoms with Crippen LogP contribution in [-0.2, 0) is 4.79 Å². The molecule has 1 unspecified atom stereocenters. The molecule has 1 fully saturated rings. The Labute approximate surface area is 105 Å². The topological polar surface area (TPSA) is 58.4 Å². The number of carbonyl (C=O) groups excluding carboxylic acids is 1. The lowest BCUT2D eigenvalue weighted by Crippen LogP contribution is -2.55. The van der Waals surface area contributed by atoms with Crippen molar-refractivity contribution >= 4 is 5.91 Å². The van der Waals surface area contributed by atoms with E-state index in [9.17, 15) is 18.0 Å². The van der Waals surface area contributed by atoms with Crippen molar-refractivity contribution in [3.05, 3.63) is 0 Å². The summed E-state index contributed by atoms with van der Waals surface area (Å²) in [5, 5.41) is 3.10. The number of amides is 1. The first-order chi connectivity index (χ1) is 8.12. The van der Waals surface area contributed by atoms with Gasteiger partial charge in [-0.05, 0) is 33.2 Å². The molecule has 0 aromatic carbocycles. The minimum absolute atomic E-state index is 0.165. The highest BCUT2D eigenvalue weighted by atomic mass is 19.4. The molecular weight excluding hydrogens is 247 g/mol. The molecule has 1 rings (SSSR count). The lowest BCUT2D eigenvalue weighted by molar-refractivity contribution is -0.143. The summed E-state index contributed by atoms with van der Waals surface area (Å²) < 4.78 is 36.5. The fourth-order valence-electron chi connectivity index (χ4n) is 1.74. The number of nitrogens with one attached hydrogen (secondary N) is 1. The Morgan fingerprint density at radius 1 is 1.44 bits per heavy atom. The third kappa shape index (κ3) is 5.22. The molecule has 18 heavy (non-hydrogen) atoms. The first-order valence-electron chi connectivity index (χ1n) is 5.95. The third-order valence-corrected chi connectivity index (χ3v) is 3.09. The van der Waals surface area contributed by atoms with Crippen LogP contribution < -0.4 is 11.1 Å². The summed E-state index contributed by atoms with van der Waals surface area (Å²) in [5.41, 5.74) is 4.39. The molecule has 0 radical (unpaired) electrons. The average molecular weight is 267 g/mol. The number of primary amides is 1. The van der Waals surface area contributed by atoms with E-state index in [4.69, 9.17) is 5.73 Å². The highest BCUT2D eigenvalue weighted by Gasteiger charge is 2.37. The highest BCUT2D eigenvalue weighted by molar-refractivity contribution is 5.84. The molecule has 0 spiro atoms. The van der Waals surface area contributed by atoms with Crippen molar-refractivity contribution in [2.75, 3.05) is 20.1 Å². The Hall–Kier alpha value is -0.820. The predicted octanol–water partition coefficient (Wildman–Crippen LogP) is 0.867. The van der Waals surface area contributed by atoms with Crippen molar-refractivity contribution in [2.24, 2.45) is 5.73 Å². The highest BCUT2D eigenvalue weighted by Crippen LogP contribution is 2.24. The fourth-order valence-corrected chi connectivity index (χ4v) is 1.74. The Bertz CT molecular complexity index is 304. The zero-order valence-electron chi connectivity index (χ0n) is 10.7. The van der Waals surface area contributed by atoms with Gasteiger partial charge in [0.2, 0.25) is 5.91 Å². The zero-order chi connectivity index (χ0) is 14.0. The van der Waals surface area contributed by atoms with Crippen LogP contribution in [0.2, 0.25) is 0 Å². The summed E-state index contributed by atoms with van der Waals surface area (Å²) in [4.78, 5) is 12.5. The van der Waals surface area contributed by atoms with E-state index in [-0.39, 0.29) is 19.0 Å². The summed E-state index contributed by atoms with van der Waals surface area (Å²) in [7, 11) is 1.38. The Morgan fingerprint density at radius 2 is 2.00 bits per heavy atom. The van der Waals surface area contributed by atoms with Crippen molar-refractivity contribution in [2.45, 2.75) is 43.9 Å². The van der Waals surface area contributed by atoms with E-state index in [2.05, 4.69) is 5.32 Å². The molecular formula is C11H20F3N3O. The third-order valence-electron chi connectivity index (χ3n) is 3.09. The number of hydrogen-bond donors (Lipinski definition) is 2. The average Bonchev–Trinajstić information content (AvgIpc) is 2.95. The quantitative estimate of drug-likeness (QED) is 0.719. The molecule has 0 heterocycles. The van der Waals surface area contributed by atoms with Crippen LogP contribution in [-0.4, -0.2) is 48.7 Å². The van der Waals surface area contributed by atoms with Crippen molar-refractivity contribution in [1.29, 1.82) is 0 Å². The molecule has 1 saturated carbocycles. The molecule has 0 saturated heterocycles. The normalized spacial score (nSPS) is 19.9. The van der Waals surface area contributed by atoms with Crippen molar-refractivity contribution in [3.8, 4) is 0 Å². The van der Waals surface area contributed by atoms with Crippen LogP contribution in [0.1, 0.15) is 26.2 Å². The number of nitrogens with two attached hydrogens (primary N) is 1. The minimum Gasteiger partial charge on any atom is -0.368 e. The molecule has 106 valence electrons. The van der Waals surface area contributed by atoms with Gasteiger partial charge in [-0.3, -0.25) is 9.69 Å². The number of halogens is 3. The van der Waals surface area contributed by atoms with Gasteiger partial charge in [0.15, 0.2) is 0 Å². The number of hydrogen-bond acceptors (Lipinski definition) is 3. The lowest BCUT2D eigenvalue weighted by atomic mass is 9.96. The van der Waals surface area contributed by atoms with Crippen molar-refractivity contribution < 1.29 is 18.0 Å². The molecule has 3 N–H and O–H groups in total. The second-order valence-electron chi connectivity index (χ2n) is 5.22. The number of nitrogens with zero attached hydrogens (tertiary/aromatic N) is 1. The van der Waals surface area contributed by atoms with Crippen LogP contribution >= 0.6 is 0 Å². The van der Waals surface area contributed by atoms with E-state index in [0.717, 1.165) is 17.7 Å². The van der Waals surface area contributed by atoms with Gasteiger partial charge < -0.3 is 11.1 Å². The fraction of sp³-hybridized carbons (Fsp3) is 0.909. The van der Waals surface area contributed by atoms with E-state index < -0.39 is 24.2 Å². The maximum Gasteiger partial charge on any atom is 0.401 e. The van der Waals surface area contributed by atoms with Gasteiger partial charge in [-0.25, -0.2) is 0 Å². The van der Waals surface area contributed by atoms with Gasteiger partial charge in [0.25, 0.3) is 0 Å². The molecule has 7 heteroatoms. The monoisotopic (exact) mass is 267 g/mol. The minimum atomic E-state index is -4.22. The van der Waals surface area contributed by atoms with E-state index in [1.165, 1.54) is 7.05 Å². The van der Waals surface area contributed by atoms with Gasteiger partial charge in [0, 0.05) is 12.6 Å². The molecule has 0 aromatic heterocycles. The number of carbonyl (C=O) groups is 1. The molecule has 0 bridgehead atoms. The largest absolute Gasteiger partial charge is 0.401 e. The SMILES string of the molecule is CN(CCC(C)(NC1CC1)C(N)=O)CC(F)(F)F. The molecule has 0 aliphatic heterocycles. The molecule has 1 aliphatic carbocycles. The van der Waals surface area contributed by atoms with E-state index >= 15 is 0 Å². The smallest absolute Gasteiger partial charge is 0.368 e. The van der Waals surface area contributed by atoms with Crippen LogP contribution in [0.25, 0.3) is 0 Å². The van der Waals surface area contributed by atoms with Gasteiger partial charge in [-0.1, -0.05) is 0 Å². The summed E-state index contributed by atoms with van der Waals surface area (Å²) in [6, 6.07) is 0.274. The maximum atomic E-state index is 12.2. The molecule has 1 amide bonds. The van der Waals surface area contributed by atoms with Gasteiger partial charge in [-0.15, -0.1) is 0 Å². The van der Waals surface area contributed by atoms with Gasteiger partial charge >= 0.3 is 6.18 Å². The van der Waals surface area contributed by atoms with Crippen LogP contribution in [0.15, 0.2) is 0 Å². The van der Waals surface area contributed by atoms with Crippen LogP contribution in [0.5, 0.6) is 0 Å². The molecule has 1 atom stereocenters. The number of alkyl halides is 3. The summed E-state index contributed by atoms with van der Waals surface area (Å²) >= 11 is 0.